The van der Waals surface area contributed by atoms with Crippen LogP contribution in [0.2, 0.25) is 0 Å². The second-order valence-electron chi connectivity index (χ2n) is 40.2. The first-order valence-corrected chi connectivity index (χ1v) is 49.4. The molecule has 3 N–H and O–H groups in total. The van der Waals surface area contributed by atoms with Gasteiger partial charge in [0.05, 0.1) is 17.3 Å². The van der Waals surface area contributed by atoms with Crippen molar-refractivity contribution < 1.29 is 108 Å². The Labute approximate surface area is 856 Å². The Hall–Kier alpha value is -8.83. The van der Waals surface area contributed by atoms with E-state index < -0.39 is 23.4 Å². The molecule has 0 saturated heterocycles. The molecule has 9 nitrogen and oxygen atoms in total. The smallest absolute Gasteiger partial charge is 0.306 e. The predicted octanol–water partition coefficient (Wildman–Crippen LogP) is 34.6. The number of halogens is 4. The normalized spacial score (nSPS) is 12.4. The summed E-state index contributed by atoms with van der Waals surface area (Å²) in [6.45, 7) is 50.2. The van der Waals surface area contributed by atoms with Gasteiger partial charge in [0.1, 0.15) is 0 Å². The summed E-state index contributed by atoms with van der Waals surface area (Å²) in [5.74, 6) is -7.85. The van der Waals surface area contributed by atoms with Crippen LogP contribution in [0.4, 0.5) is 17.6 Å². The standard InChI is InChI=1S/3C29H28NS.C13H24O2.C9H14F2O2.C8H12F2O2.3Ir/c3*1-18(2)15-20-10-8-12-23-24-13-14-30-26(28(24)31-27(20)23)21-16-19-9-6-7-11-22(19)25(17-21)29(3,4)5;1-5-10(6-2)12(14)9-13(15)11(7-3)8-4;1-6(2)4-7(12)5-8(13)9(3,10)11;1-5(2)6(11)4-7(12)8(3,9)10;;;/h3*6-14,17-18H,15H2,1-5H3;9-11,14H,5-8H2,1-4H3;5-6,12H,4H2,1-3H3;4-5,11H,1-3H3;;;/q3*-1;;;;;;. The maximum atomic E-state index is 12.3. The van der Waals surface area contributed by atoms with E-state index in [1.54, 1.807) is 13.8 Å². The number of carbonyl (C=O) groups is 3. The van der Waals surface area contributed by atoms with E-state index in [0.29, 0.717) is 43.8 Å². The van der Waals surface area contributed by atoms with Crippen molar-refractivity contribution in [3.05, 3.63) is 269 Å². The number of aliphatic hydroxyl groups is 3. The molecule has 3 radical (unpaired) electrons. The summed E-state index contributed by atoms with van der Waals surface area (Å²) in [6, 6.07) is 70.5. The first-order chi connectivity index (χ1) is 62.6. The summed E-state index contributed by atoms with van der Waals surface area (Å²) in [5, 5.41) is 43.0. The number of allylic oxidation sites excluding steroid dienone is 6. The van der Waals surface area contributed by atoms with Crippen LogP contribution in [0.15, 0.2) is 218 Å². The minimum Gasteiger partial charge on any atom is -0.512 e. The average molecular weight is 2430 g/mol. The molecule has 0 saturated carbocycles. The molecule has 6 heterocycles. The van der Waals surface area contributed by atoms with E-state index in [2.05, 4.69) is 286 Å². The third-order valence-electron chi connectivity index (χ3n) is 23.6. The van der Waals surface area contributed by atoms with Crippen molar-refractivity contribution in [3.63, 3.8) is 0 Å². The Morgan fingerprint density at radius 1 is 0.353 bits per heavy atom. The summed E-state index contributed by atoms with van der Waals surface area (Å²) in [7, 11) is 0. The van der Waals surface area contributed by atoms with Crippen LogP contribution in [-0.2, 0) is 110 Å². The number of hydrogen-bond donors (Lipinski definition) is 3. The second kappa shape index (κ2) is 49.3. The molecule has 0 aliphatic carbocycles. The first-order valence-electron chi connectivity index (χ1n) is 46.9. The monoisotopic (exact) mass is 2430 g/mol. The Balaban J connectivity index is 0.000000231. The van der Waals surface area contributed by atoms with Crippen molar-refractivity contribution in [2.24, 2.45) is 41.4 Å². The van der Waals surface area contributed by atoms with E-state index in [1.165, 1.54) is 116 Å². The molecule has 0 bridgehead atoms. The number of carbonyl (C=O) groups excluding carboxylic acids is 3. The van der Waals surface area contributed by atoms with Gasteiger partial charge in [0, 0.05) is 197 Å². The van der Waals surface area contributed by atoms with Crippen LogP contribution in [0.5, 0.6) is 0 Å². The van der Waals surface area contributed by atoms with Gasteiger partial charge in [-0.2, -0.15) is 17.6 Å². The van der Waals surface area contributed by atoms with Gasteiger partial charge >= 0.3 is 11.8 Å². The Morgan fingerprint density at radius 2 is 0.632 bits per heavy atom. The summed E-state index contributed by atoms with van der Waals surface area (Å²) in [6.07, 6.45) is 15.5. The number of thiophene rings is 3. The van der Waals surface area contributed by atoms with Crippen LogP contribution in [0, 0.1) is 59.6 Å². The van der Waals surface area contributed by atoms with Crippen LogP contribution < -0.4 is 0 Å². The van der Waals surface area contributed by atoms with E-state index >= 15 is 0 Å². The molecule has 0 aliphatic heterocycles. The van der Waals surface area contributed by atoms with Crippen molar-refractivity contribution in [2.45, 2.75) is 253 Å². The fourth-order valence-corrected chi connectivity index (χ4v) is 20.6. The quantitative estimate of drug-likeness (QED) is 0.0246. The molecule has 15 rings (SSSR count). The summed E-state index contributed by atoms with van der Waals surface area (Å²) < 4.78 is 57.1. The minimum atomic E-state index is -3.40. The molecule has 0 fully saturated rings. The van der Waals surface area contributed by atoms with Gasteiger partial charge in [-0.1, -0.05) is 301 Å². The molecule has 0 unspecified atom stereocenters. The summed E-state index contributed by atoms with van der Waals surface area (Å²) >= 11 is 5.66. The first kappa shape index (κ1) is 114. The van der Waals surface area contributed by atoms with Crippen molar-refractivity contribution >= 4 is 144 Å². The van der Waals surface area contributed by atoms with Gasteiger partial charge in [-0.3, -0.25) is 29.3 Å². The number of nitrogens with zero attached hydrogens (tertiary/aromatic N) is 3. The van der Waals surface area contributed by atoms with Crippen LogP contribution in [-0.4, -0.2) is 59.5 Å². The molecular weight excluding hydrogens is 2290 g/mol. The number of benzene rings is 9. The van der Waals surface area contributed by atoms with E-state index in [0.717, 1.165) is 94.9 Å². The number of alkyl halides is 4. The molecule has 0 spiro atoms. The van der Waals surface area contributed by atoms with Gasteiger partial charge < -0.3 is 15.3 Å². The van der Waals surface area contributed by atoms with Crippen LogP contribution in [0.1, 0.15) is 239 Å². The Kier molecular flexibility index (Phi) is 41.4. The number of hydrogen-bond acceptors (Lipinski definition) is 12. The molecule has 729 valence electrons. The zero-order valence-electron chi connectivity index (χ0n) is 83.4. The van der Waals surface area contributed by atoms with Crippen molar-refractivity contribution in [2.75, 3.05) is 0 Å². The molecule has 6 aromatic heterocycles. The molecule has 15 aromatic rings. The molecule has 19 heteroatoms. The van der Waals surface area contributed by atoms with Crippen molar-refractivity contribution in [1.29, 1.82) is 0 Å². The Morgan fingerprint density at radius 3 is 0.897 bits per heavy atom. The summed E-state index contributed by atoms with van der Waals surface area (Å²) in [4.78, 5) is 47.6. The van der Waals surface area contributed by atoms with Gasteiger partial charge in [0.2, 0.25) is 11.6 Å². The SMILES string of the molecule is CC(C)C(O)=CC(=O)C(C)(F)F.CC(C)CC(O)=CC(=O)C(C)(F)F.CC(C)Cc1cccc2c1sc1c(-c3[c-]c4ccccc4c(C(C)(C)C)c3)nccc12.CC(C)Cc1cccc2c1sc1c(-c3[c-]c4ccccc4c(C(C)(C)C)c3)nccc12.CC(C)Cc1cccc2c1sc1c(-c3[c-]c4ccccc4c(C(C)(C)C)c3)nccc12.CCC(CC)C(=O)C=C(O)C(CC)CC.[Ir].[Ir].[Ir]. The molecule has 136 heavy (non-hydrogen) atoms. The zero-order valence-corrected chi connectivity index (χ0v) is 93.0. The largest absolute Gasteiger partial charge is 0.512 e. The van der Waals surface area contributed by atoms with Crippen LogP contribution in [0.25, 0.3) is 127 Å². The third kappa shape index (κ3) is 29.0. The van der Waals surface area contributed by atoms with Gasteiger partial charge in [-0.15, -0.1) is 121 Å². The van der Waals surface area contributed by atoms with Gasteiger partial charge in [-0.05, 0) is 136 Å². The van der Waals surface area contributed by atoms with E-state index in [4.69, 9.17) is 25.2 Å². The maximum absolute atomic E-state index is 12.3. The molecule has 0 amide bonds. The van der Waals surface area contributed by atoms with Crippen LogP contribution in [0.3, 0.4) is 0 Å². The zero-order chi connectivity index (χ0) is 97.7. The van der Waals surface area contributed by atoms with E-state index in [1.807, 2.05) is 94.1 Å². The second-order valence-corrected chi connectivity index (χ2v) is 43.3. The summed E-state index contributed by atoms with van der Waals surface area (Å²) in [5.41, 5.74) is 14.9. The number of ketones is 3. The maximum Gasteiger partial charge on any atom is 0.306 e. The fraction of sp³-hybridized carbons (Fsp3) is 0.385. The molecule has 9 aromatic carbocycles. The third-order valence-corrected chi connectivity index (χ3v) is 27.5. The van der Waals surface area contributed by atoms with E-state index in [-0.39, 0.29) is 130 Å². The van der Waals surface area contributed by atoms with Gasteiger partial charge in [-0.25, -0.2) is 0 Å². The molecular formula is C117H134F4Ir3N3O6S3-3. The van der Waals surface area contributed by atoms with Crippen molar-refractivity contribution in [3.8, 4) is 33.8 Å². The van der Waals surface area contributed by atoms with E-state index in [9.17, 15) is 37.1 Å². The number of aliphatic hydroxyl groups excluding tert-OH is 3. The Bertz CT molecular complexity index is 6210. The fourth-order valence-electron chi connectivity index (χ4n) is 16.6. The number of rotatable bonds is 23. The van der Waals surface area contributed by atoms with Crippen molar-refractivity contribution in [1.82, 2.24) is 15.0 Å². The predicted molar refractivity (Wildman–Crippen MR) is 559 cm³/mol. The molecule has 0 atom stereocenters. The number of fused-ring (bicyclic) bond motifs is 12. The van der Waals surface area contributed by atoms with Gasteiger partial charge in [0.25, 0.3) is 0 Å². The topological polar surface area (TPSA) is 151 Å². The number of aromatic nitrogens is 3. The number of pyridine rings is 3. The molecule has 0 aliphatic rings. The average Bonchev–Trinajstić information content (AvgIpc) is 1.59. The van der Waals surface area contributed by atoms with Crippen LogP contribution >= 0.6 is 34.0 Å². The minimum absolute atomic E-state index is 0. The van der Waals surface area contributed by atoms with Gasteiger partial charge in [0.15, 0.2) is 5.78 Å².